The molecule has 3 N–H and O–H groups in total. The van der Waals surface area contributed by atoms with E-state index in [2.05, 4.69) is 36.5 Å². The van der Waals surface area contributed by atoms with Gasteiger partial charge in [0, 0.05) is 11.3 Å². The molecule has 1 heterocycles. The molecule has 1 fully saturated rings. The van der Waals surface area contributed by atoms with Gasteiger partial charge in [-0.05, 0) is 26.0 Å². The number of rotatable bonds is 7. The predicted molar refractivity (Wildman–Crippen MR) is 118 cm³/mol. The fraction of sp³-hybridized carbons (Fsp3) is 0.417. The molecule has 1 aliphatic heterocycles. The number of carbonyl (C=O) groups excluding carboxylic acids is 2. The third-order valence-electron chi connectivity index (χ3n) is 5.96. The number of piperazine rings is 1. The SMILES string of the molecule is Cc1cccc(C[NH+]2CCN(C(=O)C[NH+](C)[C@@H](C)C(=O)Nc3ccccc3)CC2)c1. The first-order valence-corrected chi connectivity index (χ1v) is 10.8. The van der Waals surface area contributed by atoms with Crippen LogP contribution in [-0.2, 0) is 16.1 Å². The molecular weight excluding hydrogens is 376 g/mol. The van der Waals surface area contributed by atoms with Crippen LogP contribution in [0.3, 0.4) is 0 Å². The molecular formula is C24H34N4O2+2. The number of quaternary nitrogens is 2. The minimum Gasteiger partial charge on any atom is -0.328 e. The van der Waals surface area contributed by atoms with Crippen LogP contribution in [0.25, 0.3) is 0 Å². The molecule has 0 spiro atoms. The molecule has 2 aromatic rings. The first-order chi connectivity index (χ1) is 14.4. The number of nitrogens with zero attached hydrogens (tertiary/aromatic N) is 1. The van der Waals surface area contributed by atoms with Gasteiger partial charge in [0.15, 0.2) is 12.6 Å². The summed E-state index contributed by atoms with van der Waals surface area (Å²) >= 11 is 0. The lowest BCUT2D eigenvalue weighted by molar-refractivity contribution is -0.918. The number of nitrogens with one attached hydrogen (secondary N) is 3. The number of hydrogen-bond donors (Lipinski definition) is 3. The molecule has 1 saturated heterocycles. The number of benzene rings is 2. The van der Waals surface area contributed by atoms with Gasteiger partial charge in [0.1, 0.15) is 6.54 Å². The average Bonchev–Trinajstić information content (AvgIpc) is 2.74. The molecule has 0 saturated carbocycles. The van der Waals surface area contributed by atoms with Crippen molar-refractivity contribution in [2.75, 3.05) is 45.1 Å². The van der Waals surface area contributed by atoms with Crippen LogP contribution in [0.1, 0.15) is 18.1 Å². The van der Waals surface area contributed by atoms with E-state index >= 15 is 0 Å². The number of likely N-dealkylation sites (N-methyl/N-ethyl adjacent to an activating group) is 1. The van der Waals surface area contributed by atoms with Gasteiger partial charge in [0.05, 0.1) is 33.2 Å². The lowest BCUT2D eigenvalue weighted by Gasteiger charge is -2.33. The van der Waals surface area contributed by atoms with Crippen LogP contribution in [-0.4, -0.2) is 62.5 Å². The van der Waals surface area contributed by atoms with Crippen molar-refractivity contribution >= 4 is 17.5 Å². The minimum absolute atomic E-state index is 0.0704. The smallest absolute Gasteiger partial charge is 0.282 e. The van der Waals surface area contributed by atoms with Crippen molar-refractivity contribution in [3.63, 3.8) is 0 Å². The summed E-state index contributed by atoms with van der Waals surface area (Å²) < 4.78 is 0. The van der Waals surface area contributed by atoms with Gasteiger partial charge in [0.25, 0.3) is 11.8 Å². The van der Waals surface area contributed by atoms with Crippen LogP contribution in [0.15, 0.2) is 54.6 Å². The van der Waals surface area contributed by atoms with Gasteiger partial charge < -0.3 is 20.0 Å². The number of anilines is 1. The topological polar surface area (TPSA) is 58.3 Å². The molecule has 2 aromatic carbocycles. The van der Waals surface area contributed by atoms with E-state index in [-0.39, 0.29) is 17.9 Å². The van der Waals surface area contributed by atoms with Crippen LogP contribution < -0.4 is 15.1 Å². The zero-order chi connectivity index (χ0) is 21.5. The second-order valence-corrected chi connectivity index (χ2v) is 8.40. The normalized spacial score (nSPS) is 16.7. The molecule has 3 rings (SSSR count). The number of carbonyl (C=O) groups is 2. The van der Waals surface area contributed by atoms with Crippen molar-refractivity contribution in [2.24, 2.45) is 0 Å². The van der Waals surface area contributed by atoms with Crippen LogP contribution in [0.4, 0.5) is 5.69 Å². The molecule has 2 amide bonds. The Morgan fingerprint density at radius 2 is 1.80 bits per heavy atom. The summed E-state index contributed by atoms with van der Waals surface area (Å²) in [6, 6.07) is 17.8. The third kappa shape index (κ3) is 6.15. The van der Waals surface area contributed by atoms with Gasteiger partial charge >= 0.3 is 0 Å². The Morgan fingerprint density at radius 3 is 2.47 bits per heavy atom. The number of para-hydroxylation sites is 1. The Labute approximate surface area is 179 Å². The maximum absolute atomic E-state index is 12.8. The van der Waals surface area contributed by atoms with E-state index in [1.807, 2.05) is 49.2 Å². The van der Waals surface area contributed by atoms with Crippen molar-refractivity contribution < 1.29 is 19.4 Å². The van der Waals surface area contributed by atoms with Gasteiger partial charge in [-0.15, -0.1) is 0 Å². The highest BCUT2D eigenvalue weighted by molar-refractivity contribution is 5.93. The van der Waals surface area contributed by atoms with E-state index in [1.54, 1.807) is 0 Å². The number of aryl methyl sites for hydroxylation is 1. The zero-order valence-electron chi connectivity index (χ0n) is 18.3. The number of hydrogen-bond acceptors (Lipinski definition) is 2. The summed E-state index contributed by atoms with van der Waals surface area (Å²) in [6.45, 7) is 8.80. The summed E-state index contributed by atoms with van der Waals surface area (Å²) in [6.07, 6.45) is 0. The zero-order valence-corrected chi connectivity index (χ0v) is 18.3. The van der Waals surface area contributed by atoms with Crippen molar-refractivity contribution in [1.82, 2.24) is 4.90 Å². The van der Waals surface area contributed by atoms with E-state index in [9.17, 15) is 9.59 Å². The Hall–Kier alpha value is -2.70. The molecule has 1 aliphatic rings. The molecule has 2 atom stereocenters. The summed E-state index contributed by atoms with van der Waals surface area (Å²) in [7, 11) is 1.91. The Balaban J connectivity index is 1.43. The molecule has 0 radical (unpaired) electrons. The van der Waals surface area contributed by atoms with Gasteiger partial charge in [-0.3, -0.25) is 9.59 Å². The molecule has 0 aliphatic carbocycles. The van der Waals surface area contributed by atoms with Crippen molar-refractivity contribution in [1.29, 1.82) is 0 Å². The summed E-state index contributed by atoms with van der Waals surface area (Å²) in [4.78, 5) is 29.6. The van der Waals surface area contributed by atoms with Crippen LogP contribution in [0, 0.1) is 6.92 Å². The molecule has 160 valence electrons. The Kier molecular flexibility index (Phi) is 7.60. The second-order valence-electron chi connectivity index (χ2n) is 8.40. The molecule has 0 aromatic heterocycles. The summed E-state index contributed by atoms with van der Waals surface area (Å²) in [5.41, 5.74) is 3.42. The highest BCUT2D eigenvalue weighted by Gasteiger charge is 2.29. The standard InChI is InChI=1S/C24H32N4O2/c1-19-8-7-9-21(16-19)17-27-12-14-28(15-13-27)23(29)18-26(3)20(2)24(30)25-22-10-5-4-6-11-22/h4-11,16,20H,12-15,17-18H2,1-3H3,(H,25,30)/p+2/t20-/m0/s1. The highest BCUT2D eigenvalue weighted by Crippen LogP contribution is 2.05. The Morgan fingerprint density at radius 1 is 1.10 bits per heavy atom. The largest absolute Gasteiger partial charge is 0.328 e. The van der Waals surface area contributed by atoms with Crippen LogP contribution in [0.2, 0.25) is 0 Å². The average molecular weight is 411 g/mol. The maximum Gasteiger partial charge on any atom is 0.282 e. The van der Waals surface area contributed by atoms with Crippen molar-refractivity contribution in [3.8, 4) is 0 Å². The molecule has 30 heavy (non-hydrogen) atoms. The predicted octanol–water partition coefficient (Wildman–Crippen LogP) is -0.236. The van der Waals surface area contributed by atoms with E-state index in [0.717, 1.165) is 43.3 Å². The summed E-state index contributed by atoms with van der Waals surface area (Å²) in [5.74, 6) is 0.0559. The number of amides is 2. The first-order valence-electron chi connectivity index (χ1n) is 10.8. The second kappa shape index (κ2) is 10.4. The fourth-order valence-electron chi connectivity index (χ4n) is 3.86. The van der Waals surface area contributed by atoms with E-state index in [0.29, 0.717) is 6.54 Å². The molecule has 6 heteroatoms. The molecule has 0 bridgehead atoms. The van der Waals surface area contributed by atoms with Gasteiger partial charge in [-0.25, -0.2) is 0 Å². The van der Waals surface area contributed by atoms with E-state index < -0.39 is 0 Å². The Bertz CT molecular complexity index is 847. The first kappa shape index (κ1) is 22.0. The lowest BCUT2D eigenvalue weighted by atomic mass is 10.1. The minimum atomic E-state index is -0.303. The molecule has 6 nitrogen and oxygen atoms in total. The van der Waals surface area contributed by atoms with Crippen LogP contribution >= 0.6 is 0 Å². The maximum atomic E-state index is 12.8. The highest BCUT2D eigenvalue weighted by atomic mass is 16.2. The van der Waals surface area contributed by atoms with Crippen molar-refractivity contribution in [3.05, 3.63) is 65.7 Å². The van der Waals surface area contributed by atoms with Gasteiger partial charge in [-0.2, -0.15) is 0 Å². The van der Waals surface area contributed by atoms with Gasteiger partial charge in [0.2, 0.25) is 0 Å². The van der Waals surface area contributed by atoms with E-state index in [4.69, 9.17) is 0 Å². The van der Waals surface area contributed by atoms with Crippen molar-refractivity contribution in [2.45, 2.75) is 26.4 Å². The fourth-order valence-corrected chi connectivity index (χ4v) is 3.86. The monoisotopic (exact) mass is 410 g/mol. The van der Waals surface area contributed by atoms with Gasteiger partial charge in [-0.1, -0.05) is 48.0 Å². The van der Waals surface area contributed by atoms with E-state index in [1.165, 1.54) is 16.0 Å². The quantitative estimate of drug-likeness (QED) is 0.590. The third-order valence-corrected chi connectivity index (χ3v) is 5.96. The molecule has 1 unspecified atom stereocenters. The lowest BCUT2D eigenvalue weighted by Crippen LogP contribution is -3.15. The van der Waals surface area contributed by atoms with Crippen LogP contribution in [0.5, 0.6) is 0 Å². The summed E-state index contributed by atoms with van der Waals surface area (Å²) in [5, 5.41) is 2.92.